The standard InChI is InChI=1S/C14H20N2O2/c1-4-17-11(8-15)7-13-16-12-6-9(2)5-10(3)14(12)18-13/h5-6,11H,4,7-8,15H2,1-3H3. The molecule has 0 bridgehead atoms. The smallest absolute Gasteiger partial charge is 0.198 e. The highest BCUT2D eigenvalue weighted by atomic mass is 16.5. The van der Waals surface area contributed by atoms with E-state index in [2.05, 4.69) is 18.0 Å². The van der Waals surface area contributed by atoms with Crippen LogP contribution in [0.4, 0.5) is 0 Å². The molecule has 0 aliphatic carbocycles. The largest absolute Gasteiger partial charge is 0.440 e. The van der Waals surface area contributed by atoms with Gasteiger partial charge in [0.2, 0.25) is 0 Å². The molecule has 0 saturated heterocycles. The zero-order chi connectivity index (χ0) is 13.1. The van der Waals surface area contributed by atoms with Gasteiger partial charge in [0.25, 0.3) is 0 Å². The van der Waals surface area contributed by atoms with Crippen molar-refractivity contribution in [2.75, 3.05) is 13.2 Å². The van der Waals surface area contributed by atoms with Crippen molar-refractivity contribution in [1.29, 1.82) is 0 Å². The molecule has 2 aromatic rings. The monoisotopic (exact) mass is 248 g/mol. The second-order valence-electron chi connectivity index (χ2n) is 4.55. The number of nitrogens with two attached hydrogens (primary N) is 1. The highest BCUT2D eigenvalue weighted by Crippen LogP contribution is 2.22. The molecule has 0 aliphatic heterocycles. The molecule has 2 rings (SSSR count). The van der Waals surface area contributed by atoms with E-state index in [0.717, 1.165) is 16.7 Å². The topological polar surface area (TPSA) is 61.3 Å². The Labute approximate surface area is 107 Å². The Morgan fingerprint density at radius 3 is 2.83 bits per heavy atom. The van der Waals surface area contributed by atoms with Gasteiger partial charge in [-0.15, -0.1) is 0 Å². The molecule has 1 heterocycles. The molecule has 1 aromatic carbocycles. The first kappa shape index (κ1) is 13.1. The molecule has 0 radical (unpaired) electrons. The number of aromatic nitrogens is 1. The molecule has 1 aromatic heterocycles. The molecular weight excluding hydrogens is 228 g/mol. The van der Waals surface area contributed by atoms with Gasteiger partial charge in [0.15, 0.2) is 11.5 Å². The number of benzene rings is 1. The first-order chi connectivity index (χ1) is 8.63. The second kappa shape index (κ2) is 5.50. The average molecular weight is 248 g/mol. The van der Waals surface area contributed by atoms with Crippen LogP contribution in [-0.4, -0.2) is 24.2 Å². The summed E-state index contributed by atoms with van der Waals surface area (Å²) in [5.41, 5.74) is 9.75. The summed E-state index contributed by atoms with van der Waals surface area (Å²) >= 11 is 0. The lowest BCUT2D eigenvalue weighted by Crippen LogP contribution is -2.26. The molecule has 1 unspecified atom stereocenters. The van der Waals surface area contributed by atoms with Gasteiger partial charge in [-0.05, 0) is 38.0 Å². The van der Waals surface area contributed by atoms with Crippen LogP contribution >= 0.6 is 0 Å². The van der Waals surface area contributed by atoms with E-state index >= 15 is 0 Å². The van der Waals surface area contributed by atoms with Gasteiger partial charge in [-0.2, -0.15) is 0 Å². The highest BCUT2D eigenvalue weighted by molar-refractivity contribution is 5.77. The number of rotatable bonds is 5. The molecule has 2 N–H and O–H groups in total. The molecule has 18 heavy (non-hydrogen) atoms. The van der Waals surface area contributed by atoms with E-state index in [4.69, 9.17) is 14.9 Å². The zero-order valence-electron chi connectivity index (χ0n) is 11.2. The van der Waals surface area contributed by atoms with Gasteiger partial charge >= 0.3 is 0 Å². The van der Waals surface area contributed by atoms with Crippen molar-refractivity contribution in [2.24, 2.45) is 5.73 Å². The Hall–Kier alpha value is -1.39. The van der Waals surface area contributed by atoms with Crippen molar-refractivity contribution in [3.8, 4) is 0 Å². The van der Waals surface area contributed by atoms with Crippen molar-refractivity contribution in [3.63, 3.8) is 0 Å². The third-order valence-corrected chi connectivity index (χ3v) is 2.93. The van der Waals surface area contributed by atoms with Crippen LogP contribution in [0.1, 0.15) is 23.9 Å². The van der Waals surface area contributed by atoms with E-state index in [1.165, 1.54) is 5.56 Å². The van der Waals surface area contributed by atoms with Crippen LogP contribution in [0.3, 0.4) is 0 Å². The summed E-state index contributed by atoms with van der Waals surface area (Å²) in [5, 5.41) is 0. The van der Waals surface area contributed by atoms with Gasteiger partial charge in [0.1, 0.15) is 5.52 Å². The van der Waals surface area contributed by atoms with Gasteiger partial charge in [0, 0.05) is 13.2 Å². The minimum Gasteiger partial charge on any atom is -0.440 e. The SMILES string of the molecule is CCOC(CN)Cc1nc2cc(C)cc(C)c2o1. The Morgan fingerprint density at radius 1 is 1.39 bits per heavy atom. The number of fused-ring (bicyclic) bond motifs is 1. The summed E-state index contributed by atoms with van der Waals surface area (Å²) in [7, 11) is 0. The van der Waals surface area contributed by atoms with Crippen LogP contribution in [0, 0.1) is 13.8 Å². The fourth-order valence-corrected chi connectivity index (χ4v) is 2.15. The van der Waals surface area contributed by atoms with Crippen LogP contribution in [-0.2, 0) is 11.2 Å². The number of ether oxygens (including phenoxy) is 1. The van der Waals surface area contributed by atoms with Crippen LogP contribution in [0.25, 0.3) is 11.1 Å². The van der Waals surface area contributed by atoms with Crippen LogP contribution in [0.15, 0.2) is 16.5 Å². The Bertz CT molecular complexity index is 534. The van der Waals surface area contributed by atoms with E-state index in [0.29, 0.717) is 25.5 Å². The molecule has 4 nitrogen and oxygen atoms in total. The van der Waals surface area contributed by atoms with Crippen LogP contribution in [0.2, 0.25) is 0 Å². The average Bonchev–Trinajstić information content (AvgIpc) is 2.71. The molecular formula is C14H20N2O2. The third-order valence-electron chi connectivity index (χ3n) is 2.93. The van der Waals surface area contributed by atoms with Gasteiger partial charge in [0.05, 0.1) is 12.5 Å². The first-order valence-electron chi connectivity index (χ1n) is 6.32. The van der Waals surface area contributed by atoms with Crippen molar-refractivity contribution in [2.45, 2.75) is 33.3 Å². The quantitative estimate of drug-likeness (QED) is 0.882. The van der Waals surface area contributed by atoms with E-state index in [-0.39, 0.29) is 6.10 Å². The Kier molecular flexibility index (Phi) is 3.99. The maximum absolute atomic E-state index is 5.79. The molecule has 0 amide bonds. The summed E-state index contributed by atoms with van der Waals surface area (Å²) < 4.78 is 11.3. The number of oxazole rings is 1. The molecule has 1 atom stereocenters. The second-order valence-corrected chi connectivity index (χ2v) is 4.55. The zero-order valence-corrected chi connectivity index (χ0v) is 11.2. The minimum atomic E-state index is -0.0236. The highest BCUT2D eigenvalue weighted by Gasteiger charge is 2.14. The fourth-order valence-electron chi connectivity index (χ4n) is 2.15. The van der Waals surface area contributed by atoms with E-state index in [9.17, 15) is 0 Å². The van der Waals surface area contributed by atoms with E-state index in [1.54, 1.807) is 0 Å². The Balaban J connectivity index is 2.27. The van der Waals surface area contributed by atoms with Gasteiger partial charge in [-0.25, -0.2) is 4.98 Å². The van der Waals surface area contributed by atoms with Crippen LogP contribution < -0.4 is 5.73 Å². The van der Waals surface area contributed by atoms with Crippen molar-refractivity contribution in [3.05, 3.63) is 29.2 Å². The maximum atomic E-state index is 5.79. The van der Waals surface area contributed by atoms with Crippen molar-refractivity contribution in [1.82, 2.24) is 4.98 Å². The lowest BCUT2D eigenvalue weighted by atomic mass is 10.1. The lowest BCUT2D eigenvalue weighted by Gasteiger charge is -2.11. The fraction of sp³-hybridized carbons (Fsp3) is 0.500. The summed E-state index contributed by atoms with van der Waals surface area (Å²) in [6, 6.07) is 4.13. The third kappa shape index (κ3) is 2.71. The van der Waals surface area contributed by atoms with Crippen molar-refractivity contribution >= 4 is 11.1 Å². The number of aryl methyl sites for hydroxylation is 2. The Morgan fingerprint density at radius 2 is 2.17 bits per heavy atom. The lowest BCUT2D eigenvalue weighted by molar-refractivity contribution is 0.0651. The predicted octanol–water partition coefficient (Wildman–Crippen LogP) is 2.35. The van der Waals surface area contributed by atoms with E-state index < -0.39 is 0 Å². The normalized spacial score (nSPS) is 13.1. The maximum Gasteiger partial charge on any atom is 0.198 e. The number of nitrogens with zero attached hydrogens (tertiary/aromatic N) is 1. The van der Waals surface area contributed by atoms with Gasteiger partial charge < -0.3 is 14.9 Å². The van der Waals surface area contributed by atoms with Crippen molar-refractivity contribution < 1.29 is 9.15 Å². The summed E-state index contributed by atoms with van der Waals surface area (Å²) in [6.07, 6.45) is 0.599. The minimum absolute atomic E-state index is 0.0236. The number of hydrogen-bond donors (Lipinski definition) is 1. The van der Waals surface area contributed by atoms with E-state index in [1.807, 2.05) is 19.9 Å². The summed E-state index contributed by atoms with van der Waals surface area (Å²) in [6.45, 7) is 7.18. The summed E-state index contributed by atoms with van der Waals surface area (Å²) in [4.78, 5) is 4.50. The summed E-state index contributed by atoms with van der Waals surface area (Å²) in [5.74, 6) is 0.697. The molecule has 0 fully saturated rings. The molecule has 98 valence electrons. The number of hydrogen-bond acceptors (Lipinski definition) is 4. The molecule has 0 saturated carbocycles. The molecule has 0 aliphatic rings. The first-order valence-corrected chi connectivity index (χ1v) is 6.32. The van der Waals surface area contributed by atoms with Gasteiger partial charge in [-0.3, -0.25) is 0 Å². The van der Waals surface area contributed by atoms with Crippen LogP contribution in [0.5, 0.6) is 0 Å². The molecule has 0 spiro atoms. The van der Waals surface area contributed by atoms with Gasteiger partial charge in [-0.1, -0.05) is 6.07 Å². The predicted molar refractivity (Wildman–Crippen MR) is 71.7 cm³/mol. The molecule has 4 heteroatoms.